The van der Waals surface area contributed by atoms with Crippen LogP contribution in [-0.4, -0.2) is 26.7 Å². The number of nitrogen functional groups attached to an aromatic ring is 1. The van der Waals surface area contributed by atoms with Crippen molar-refractivity contribution in [2.24, 2.45) is 5.92 Å². The molecule has 4 N–H and O–H groups in total. The van der Waals surface area contributed by atoms with Gasteiger partial charge in [-0.1, -0.05) is 19.4 Å². The maximum absolute atomic E-state index is 12.3. The van der Waals surface area contributed by atoms with Crippen LogP contribution < -0.4 is 10.5 Å². The largest absolute Gasteiger partial charge is 0.399 e. The second kappa shape index (κ2) is 7.61. The summed E-state index contributed by atoms with van der Waals surface area (Å²) in [4.78, 5) is 0.219. The van der Waals surface area contributed by atoms with E-state index < -0.39 is 10.0 Å². The number of rotatable bonds is 8. The highest BCUT2D eigenvalue weighted by atomic mass is 32.2. The van der Waals surface area contributed by atoms with E-state index in [-0.39, 0.29) is 17.4 Å². The zero-order valence-corrected chi connectivity index (χ0v) is 12.9. The van der Waals surface area contributed by atoms with Gasteiger partial charge in [0.25, 0.3) is 0 Å². The van der Waals surface area contributed by atoms with Crippen LogP contribution in [0.25, 0.3) is 0 Å². The van der Waals surface area contributed by atoms with Crippen LogP contribution in [0.3, 0.4) is 0 Å². The summed E-state index contributed by atoms with van der Waals surface area (Å²) >= 11 is 0. The molecule has 0 amide bonds. The number of sulfonamides is 1. The first-order valence-corrected chi connectivity index (χ1v) is 8.35. The predicted octanol–water partition coefficient (Wildman–Crippen LogP) is 1.65. The van der Waals surface area contributed by atoms with Crippen LogP contribution in [-0.2, 0) is 10.0 Å². The first-order valence-electron chi connectivity index (χ1n) is 6.87. The van der Waals surface area contributed by atoms with Crippen molar-refractivity contribution < 1.29 is 13.5 Å². The van der Waals surface area contributed by atoms with Crippen LogP contribution >= 0.6 is 0 Å². The van der Waals surface area contributed by atoms with Gasteiger partial charge in [-0.3, -0.25) is 0 Å². The Hall–Kier alpha value is -1.11. The highest BCUT2D eigenvalue weighted by molar-refractivity contribution is 7.89. The molecule has 0 spiro atoms. The highest BCUT2D eigenvalue weighted by Gasteiger charge is 2.18. The molecular weight excluding hydrogens is 276 g/mol. The van der Waals surface area contributed by atoms with E-state index in [0.717, 1.165) is 12.8 Å². The molecule has 1 unspecified atom stereocenters. The quantitative estimate of drug-likeness (QED) is 0.637. The highest BCUT2D eigenvalue weighted by Crippen LogP contribution is 2.19. The molecule has 0 radical (unpaired) electrons. The predicted molar refractivity (Wildman–Crippen MR) is 80.9 cm³/mol. The first-order chi connectivity index (χ1) is 9.40. The first kappa shape index (κ1) is 16.9. The van der Waals surface area contributed by atoms with Gasteiger partial charge in [-0.15, -0.1) is 0 Å². The number of aryl methyl sites for hydroxylation is 1. The fraction of sp³-hybridized carbons (Fsp3) is 0.571. The Morgan fingerprint density at radius 2 is 2.05 bits per heavy atom. The minimum Gasteiger partial charge on any atom is -0.399 e. The summed E-state index contributed by atoms with van der Waals surface area (Å²) in [5.74, 6) is 0.154. The maximum atomic E-state index is 12.3. The summed E-state index contributed by atoms with van der Waals surface area (Å²) in [6.45, 7) is 4.20. The van der Waals surface area contributed by atoms with E-state index in [1.807, 2.05) is 6.92 Å². The number of hydrogen-bond acceptors (Lipinski definition) is 4. The van der Waals surface area contributed by atoms with Gasteiger partial charge in [0.1, 0.15) is 0 Å². The molecule has 0 saturated heterocycles. The van der Waals surface area contributed by atoms with Crippen LogP contribution in [0.4, 0.5) is 5.69 Å². The molecule has 0 aliphatic rings. The van der Waals surface area contributed by atoms with E-state index in [1.165, 1.54) is 6.07 Å². The monoisotopic (exact) mass is 300 g/mol. The lowest BCUT2D eigenvalue weighted by Gasteiger charge is -2.16. The standard InChI is InChI=1S/C14H24N2O3S/c1-3-4-12(7-8-17)10-16-20(18,19)14-9-13(15)6-5-11(14)2/h5-6,9,12,16-17H,3-4,7-8,10,15H2,1-2H3. The molecule has 1 atom stereocenters. The van der Waals surface area contributed by atoms with Gasteiger partial charge in [0.15, 0.2) is 0 Å². The fourth-order valence-electron chi connectivity index (χ4n) is 2.15. The number of nitrogens with two attached hydrogens (primary N) is 1. The zero-order chi connectivity index (χ0) is 15.2. The normalized spacial score (nSPS) is 13.3. The molecule has 0 aliphatic heterocycles. The average molecular weight is 300 g/mol. The number of hydrogen-bond donors (Lipinski definition) is 3. The third kappa shape index (κ3) is 4.77. The van der Waals surface area contributed by atoms with Crippen molar-refractivity contribution in [2.45, 2.75) is 38.0 Å². The molecular formula is C14H24N2O3S. The molecule has 1 aromatic rings. The number of nitrogens with one attached hydrogen (secondary N) is 1. The van der Waals surface area contributed by atoms with Crippen molar-refractivity contribution >= 4 is 15.7 Å². The second-order valence-electron chi connectivity index (χ2n) is 5.04. The van der Waals surface area contributed by atoms with Crippen molar-refractivity contribution in [3.05, 3.63) is 23.8 Å². The van der Waals surface area contributed by atoms with E-state index in [4.69, 9.17) is 10.8 Å². The van der Waals surface area contributed by atoms with Gasteiger partial charge < -0.3 is 10.8 Å². The Labute approximate surface area is 121 Å². The van der Waals surface area contributed by atoms with Gasteiger partial charge in [-0.25, -0.2) is 13.1 Å². The molecule has 0 bridgehead atoms. The minimum absolute atomic E-state index is 0.0731. The van der Waals surface area contributed by atoms with Crippen molar-refractivity contribution in [3.63, 3.8) is 0 Å². The second-order valence-corrected chi connectivity index (χ2v) is 6.78. The van der Waals surface area contributed by atoms with E-state index >= 15 is 0 Å². The molecule has 20 heavy (non-hydrogen) atoms. The summed E-state index contributed by atoms with van der Waals surface area (Å²) in [6, 6.07) is 4.85. The smallest absolute Gasteiger partial charge is 0.240 e. The van der Waals surface area contributed by atoms with Crippen molar-refractivity contribution in [1.82, 2.24) is 4.72 Å². The number of benzene rings is 1. The molecule has 0 heterocycles. The molecule has 1 aromatic carbocycles. The van der Waals surface area contributed by atoms with Gasteiger partial charge in [-0.05, 0) is 43.4 Å². The molecule has 0 aliphatic carbocycles. The molecule has 5 nitrogen and oxygen atoms in total. The van der Waals surface area contributed by atoms with Crippen LogP contribution in [0.15, 0.2) is 23.1 Å². The summed E-state index contributed by atoms with van der Waals surface area (Å²) in [7, 11) is -3.56. The van der Waals surface area contributed by atoms with Gasteiger partial charge >= 0.3 is 0 Å². The Morgan fingerprint density at radius 1 is 1.35 bits per heavy atom. The van der Waals surface area contributed by atoms with Crippen molar-refractivity contribution in [3.8, 4) is 0 Å². The van der Waals surface area contributed by atoms with E-state index in [2.05, 4.69) is 4.72 Å². The molecule has 1 rings (SSSR count). The summed E-state index contributed by atoms with van der Waals surface area (Å²) in [5.41, 5.74) is 6.75. The molecule has 6 heteroatoms. The summed E-state index contributed by atoms with van der Waals surface area (Å²) in [5, 5.41) is 9.00. The molecule has 0 aromatic heterocycles. The number of aliphatic hydroxyl groups excluding tert-OH is 1. The fourth-order valence-corrected chi connectivity index (χ4v) is 3.54. The van der Waals surface area contributed by atoms with E-state index in [0.29, 0.717) is 24.2 Å². The van der Waals surface area contributed by atoms with Gasteiger partial charge in [0.2, 0.25) is 10.0 Å². The summed E-state index contributed by atoms with van der Waals surface area (Å²) in [6.07, 6.45) is 2.45. The number of anilines is 1. The van der Waals surface area contributed by atoms with Crippen molar-refractivity contribution in [2.75, 3.05) is 18.9 Å². The zero-order valence-electron chi connectivity index (χ0n) is 12.1. The molecule has 0 fully saturated rings. The van der Waals surface area contributed by atoms with E-state index in [1.54, 1.807) is 19.1 Å². The van der Waals surface area contributed by atoms with Crippen LogP contribution in [0.5, 0.6) is 0 Å². The molecule has 0 saturated carbocycles. The number of aliphatic hydroxyl groups is 1. The summed E-state index contributed by atoms with van der Waals surface area (Å²) < 4.78 is 27.2. The Bertz CT molecular complexity index is 523. The van der Waals surface area contributed by atoms with Gasteiger partial charge in [0, 0.05) is 18.8 Å². The maximum Gasteiger partial charge on any atom is 0.240 e. The van der Waals surface area contributed by atoms with Gasteiger partial charge in [-0.2, -0.15) is 0 Å². The lowest BCUT2D eigenvalue weighted by molar-refractivity contribution is 0.251. The van der Waals surface area contributed by atoms with Crippen LogP contribution in [0.1, 0.15) is 31.7 Å². The third-order valence-corrected chi connectivity index (χ3v) is 4.86. The van der Waals surface area contributed by atoms with Crippen LogP contribution in [0.2, 0.25) is 0 Å². The Balaban J connectivity index is 2.81. The average Bonchev–Trinajstić information content (AvgIpc) is 2.39. The van der Waals surface area contributed by atoms with Gasteiger partial charge in [0.05, 0.1) is 4.90 Å². The Kier molecular flexibility index (Phi) is 6.45. The molecule has 114 valence electrons. The lowest BCUT2D eigenvalue weighted by atomic mass is 10.0. The van der Waals surface area contributed by atoms with E-state index in [9.17, 15) is 8.42 Å². The lowest BCUT2D eigenvalue weighted by Crippen LogP contribution is -2.30. The Morgan fingerprint density at radius 3 is 2.65 bits per heavy atom. The topological polar surface area (TPSA) is 92.4 Å². The minimum atomic E-state index is -3.56. The SMILES string of the molecule is CCCC(CCO)CNS(=O)(=O)c1cc(N)ccc1C. The van der Waals surface area contributed by atoms with Crippen molar-refractivity contribution in [1.29, 1.82) is 0 Å². The van der Waals surface area contributed by atoms with Crippen LogP contribution in [0, 0.1) is 12.8 Å². The third-order valence-electron chi connectivity index (χ3n) is 3.30.